The molecule has 104 valence electrons. The quantitative estimate of drug-likeness (QED) is 0.519. The molecule has 2 rings (SSSR count). The number of hydrogen-bond acceptors (Lipinski definition) is 4. The maximum Gasteiger partial charge on any atom is 0.334 e. The lowest BCUT2D eigenvalue weighted by atomic mass is 10.2. The molecule has 0 radical (unpaired) electrons. The number of nitro benzene ring substituents is 1. The summed E-state index contributed by atoms with van der Waals surface area (Å²) in [6, 6.07) is 3.08. The van der Waals surface area contributed by atoms with Crippen molar-refractivity contribution in [2.45, 2.75) is 0 Å². The second-order valence-corrected chi connectivity index (χ2v) is 4.38. The molecule has 0 amide bonds. The zero-order valence-corrected chi connectivity index (χ0v) is 10.9. The number of nitrogens with zero attached hydrogens (tertiary/aromatic N) is 2. The molecule has 0 saturated heterocycles. The van der Waals surface area contributed by atoms with Crippen LogP contribution in [0.25, 0.3) is 5.69 Å². The van der Waals surface area contributed by atoms with Gasteiger partial charge in [0.25, 0.3) is 11.2 Å². The van der Waals surface area contributed by atoms with Gasteiger partial charge in [0.15, 0.2) is 5.15 Å². The average Bonchev–Trinajstić information content (AvgIpc) is 2.38. The number of aromatic amines is 1. The Morgan fingerprint density at radius 2 is 1.95 bits per heavy atom. The fourth-order valence-corrected chi connectivity index (χ4v) is 1.86. The summed E-state index contributed by atoms with van der Waals surface area (Å²) < 4.78 is 13.8. The van der Waals surface area contributed by atoms with Gasteiger partial charge >= 0.3 is 5.69 Å². The molecule has 1 aromatic heterocycles. The number of aromatic nitrogens is 2. The van der Waals surface area contributed by atoms with Gasteiger partial charge in [0.2, 0.25) is 5.82 Å². The van der Waals surface area contributed by atoms with Gasteiger partial charge in [-0.05, 0) is 6.07 Å². The zero-order valence-electron chi connectivity index (χ0n) is 9.39. The third-order valence-corrected chi connectivity index (χ3v) is 2.96. The first kappa shape index (κ1) is 14.2. The van der Waals surface area contributed by atoms with Crippen molar-refractivity contribution in [1.82, 2.24) is 9.55 Å². The summed E-state index contributed by atoms with van der Waals surface area (Å²) in [5.74, 6) is -1.39. The van der Waals surface area contributed by atoms with Crippen molar-refractivity contribution >= 4 is 28.9 Å². The monoisotopic (exact) mass is 319 g/mol. The van der Waals surface area contributed by atoms with Crippen molar-refractivity contribution < 1.29 is 9.31 Å². The first-order valence-corrected chi connectivity index (χ1v) is 5.73. The van der Waals surface area contributed by atoms with Crippen molar-refractivity contribution in [2.24, 2.45) is 0 Å². The predicted molar refractivity (Wildman–Crippen MR) is 69.3 cm³/mol. The molecule has 10 heteroatoms. The van der Waals surface area contributed by atoms with E-state index >= 15 is 0 Å². The lowest BCUT2D eigenvalue weighted by molar-refractivity contribution is -0.384. The molecule has 0 fully saturated rings. The summed E-state index contributed by atoms with van der Waals surface area (Å²) in [5, 5.41) is 9.79. The van der Waals surface area contributed by atoms with Crippen LogP contribution in [0, 0.1) is 15.9 Å². The molecule has 0 aliphatic carbocycles. The van der Waals surface area contributed by atoms with Crippen LogP contribution in [0.4, 0.5) is 10.1 Å². The average molecular weight is 320 g/mol. The molecule has 0 bridgehead atoms. The summed E-state index contributed by atoms with van der Waals surface area (Å²) in [4.78, 5) is 35.2. The van der Waals surface area contributed by atoms with Gasteiger partial charge in [-0.3, -0.25) is 19.9 Å². The minimum atomic E-state index is -1.39. The fraction of sp³-hybridized carbons (Fsp3) is 0. The van der Waals surface area contributed by atoms with Gasteiger partial charge < -0.3 is 0 Å². The molecule has 20 heavy (non-hydrogen) atoms. The largest absolute Gasteiger partial charge is 0.334 e. The van der Waals surface area contributed by atoms with Crippen LogP contribution in [0.15, 0.2) is 27.8 Å². The summed E-state index contributed by atoms with van der Waals surface area (Å²) in [5.41, 5.74) is -3.15. The van der Waals surface area contributed by atoms with Crippen molar-refractivity contribution in [1.29, 1.82) is 0 Å². The van der Waals surface area contributed by atoms with Gasteiger partial charge in [0, 0.05) is 12.1 Å². The van der Waals surface area contributed by atoms with Crippen molar-refractivity contribution in [3.05, 3.63) is 65.1 Å². The number of nitrogens with one attached hydrogen (secondary N) is 1. The SMILES string of the molecule is O=c1[nH]c(Cl)c(F)c(=O)n1-c1cc([N+](=O)[O-])ccc1Cl. The van der Waals surface area contributed by atoms with Gasteiger partial charge in [-0.2, -0.15) is 4.39 Å². The number of hydrogen-bond donors (Lipinski definition) is 1. The topological polar surface area (TPSA) is 98.0 Å². The van der Waals surface area contributed by atoms with Crippen molar-refractivity contribution in [3.8, 4) is 5.69 Å². The van der Waals surface area contributed by atoms with E-state index in [9.17, 15) is 24.1 Å². The lowest BCUT2D eigenvalue weighted by Gasteiger charge is -2.07. The van der Waals surface area contributed by atoms with E-state index in [1.807, 2.05) is 4.98 Å². The third kappa shape index (κ3) is 2.30. The van der Waals surface area contributed by atoms with Crippen LogP contribution in [0.1, 0.15) is 0 Å². The minimum absolute atomic E-state index is 0.134. The standard InChI is InChI=1S/C10H4Cl2FN3O4/c11-5-2-1-4(16(19)20)3-6(5)15-9(17)7(13)8(12)14-10(15)18/h1-3H,(H,14,18). The van der Waals surface area contributed by atoms with Crippen LogP contribution in [0.2, 0.25) is 10.2 Å². The maximum absolute atomic E-state index is 13.4. The molecule has 0 aliphatic rings. The maximum atomic E-state index is 13.4. The van der Waals surface area contributed by atoms with E-state index in [4.69, 9.17) is 23.2 Å². The van der Waals surface area contributed by atoms with Gasteiger partial charge in [0.1, 0.15) is 0 Å². The molecule has 0 saturated carbocycles. The highest BCUT2D eigenvalue weighted by atomic mass is 35.5. The van der Waals surface area contributed by atoms with E-state index in [1.54, 1.807) is 0 Å². The predicted octanol–water partition coefficient (Wildman–Crippen LogP) is 1.88. The Kier molecular flexibility index (Phi) is 3.60. The Hall–Kier alpha value is -2.19. The van der Waals surface area contributed by atoms with Crippen LogP contribution in [-0.2, 0) is 0 Å². The van der Waals surface area contributed by atoms with E-state index in [1.165, 1.54) is 0 Å². The molecule has 1 N–H and O–H groups in total. The van der Waals surface area contributed by atoms with Gasteiger partial charge in [0.05, 0.1) is 15.6 Å². The molecule has 1 aromatic carbocycles. The van der Waals surface area contributed by atoms with Crippen LogP contribution in [-0.4, -0.2) is 14.5 Å². The number of benzene rings is 1. The Labute approximate surface area is 119 Å². The van der Waals surface area contributed by atoms with Crippen LogP contribution in [0.3, 0.4) is 0 Å². The summed E-state index contributed by atoms with van der Waals surface area (Å²) in [7, 11) is 0. The molecular formula is C10H4Cl2FN3O4. The molecular weight excluding hydrogens is 316 g/mol. The van der Waals surface area contributed by atoms with Crippen LogP contribution < -0.4 is 11.2 Å². The second-order valence-electron chi connectivity index (χ2n) is 3.59. The van der Waals surface area contributed by atoms with Gasteiger partial charge in [-0.15, -0.1) is 0 Å². The second kappa shape index (κ2) is 5.06. The van der Waals surface area contributed by atoms with Gasteiger partial charge in [-0.1, -0.05) is 23.2 Å². The minimum Gasteiger partial charge on any atom is -0.295 e. The Bertz CT molecular complexity index is 830. The van der Waals surface area contributed by atoms with E-state index in [-0.39, 0.29) is 10.7 Å². The molecule has 0 spiro atoms. The molecule has 7 nitrogen and oxygen atoms in total. The van der Waals surface area contributed by atoms with E-state index in [2.05, 4.69) is 0 Å². The zero-order chi connectivity index (χ0) is 15.0. The lowest BCUT2D eigenvalue weighted by Crippen LogP contribution is -2.36. The van der Waals surface area contributed by atoms with E-state index in [0.717, 1.165) is 18.2 Å². The van der Waals surface area contributed by atoms with E-state index < -0.39 is 32.8 Å². The van der Waals surface area contributed by atoms with Crippen molar-refractivity contribution in [3.63, 3.8) is 0 Å². The number of H-pyrrole nitrogens is 1. The highest BCUT2D eigenvalue weighted by molar-refractivity contribution is 6.32. The highest BCUT2D eigenvalue weighted by Crippen LogP contribution is 2.23. The number of rotatable bonds is 2. The summed E-state index contributed by atoms with van der Waals surface area (Å²) in [6.45, 7) is 0. The number of non-ortho nitro benzene ring substituents is 1. The Balaban J connectivity index is 2.85. The van der Waals surface area contributed by atoms with E-state index in [0.29, 0.717) is 4.57 Å². The van der Waals surface area contributed by atoms with Crippen LogP contribution in [0.5, 0.6) is 0 Å². The third-order valence-electron chi connectivity index (χ3n) is 2.38. The van der Waals surface area contributed by atoms with Gasteiger partial charge in [-0.25, -0.2) is 9.36 Å². The van der Waals surface area contributed by atoms with Crippen LogP contribution >= 0.6 is 23.2 Å². The molecule has 0 unspecified atom stereocenters. The summed E-state index contributed by atoms with van der Waals surface area (Å²) in [6.07, 6.45) is 0. The smallest absolute Gasteiger partial charge is 0.295 e. The summed E-state index contributed by atoms with van der Waals surface area (Å²) >= 11 is 11.1. The molecule has 1 heterocycles. The Morgan fingerprint density at radius 1 is 1.30 bits per heavy atom. The molecule has 0 aliphatic heterocycles. The normalized spacial score (nSPS) is 10.6. The number of halogens is 3. The number of nitro groups is 1. The first-order valence-electron chi connectivity index (χ1n) is 4.97. The van der Waals surface area contributed by atoms with Crippen molar-refractivity contribution in [2.75, 3.05) is 0 Å². The first-order chi connectivity index (χ1) is 9.32. The molecule has 0 atom stereocenters. The highest BCUT2D eigenvalue weighted by Gasteiger charge is 2.18. The molecule has 2 aromatic rings. The fourth-order valence-electron chi connectivity index (χ4n) is 1.49. The Morgan fingerprint density at radius 3 is 2.55 bits per heavy atom.